The van der Waals surface area contributed by atoms with Gasteiger partial charge in [0.05, 0.1) is 6.54 Å². The van der Waals surface area contributed by atoms with Crippen LogP contribution >= 0.6 is 0 Å². The molecule has 5 heteroatoms. The van der Waals surface area contributed by atoms with Crippen LogP contribution in [0.25, 0.3) is 0 Å². The molecule has 1 aromatic rings. The van der Waals surface area contributed by atoms with Crippen LogP contribution in [0.4, 0.5) is 0 Å². The number of aliphatic hydroxyl groups is 1. The highest BCUT2D eigenvalue weighted by Crippen LogP contribution is 2.24. The zero-order valence-corrected chi connectivity index (χ0v) is 9.93. The quantitative estimate of drug-likeness (QED) is 0.800. The number of hydrogen-bond donors (Lipinski definition) is 1. The van der Waals surface area contributed by atoms with Gasteiger partial charge in [-0.25, -0.2) is 0 Å². The Hall–Kier alpha value is -0.970. The number of nitrogens with zero attached hydrogens (tertiary/aromatic N) is 4. The van der Waals surface area contributed by atoms with Crippen molar-refractivity contribution in [3.8, 4) is 0 Å². The molecule has 15 heavy (non-hydrogen) atoms. The molecule has 1 aromatic heterocycles. The van der Waals surface area contributed by atoms with Crippen LogP contribution in [0.15, 0.2) is 0 Å². The molecule has 0 saturated heterocycles. The molecule has 0 aromatic carbocycles. The number of hydrogen-bond acceptors (Lipinski definition) is 4. The van der Waals surface area contributed by atoms with Crippen molar-refractivity contribution in [2.45, 2.75) is 52.7 Å². The van der Waals surface area contributed by atoms with Crippen LogP contribution in [0.5, 0.6) is 0 Å². The van der Waals surface area contributed by atoms with E-state index in [0.717, 1.165) is 6.54 Å². The second kappa shape index (κ2) is 4.70. The van der Waals surface area contributed by atoms with E-state index in [-0.39, 0.29) is 0 Å². The molecular weight excluding hydrogens is 192 g/mol. The van der Waals surface area contributed by atoms with Gasteiger partial charge < -0.3 is 5.11 Å². The van der Waals surface area contributed by atoms with Crippen LogP contribution in [0, 0.1) is 5.92 Å². The van der Waals surface area contributed by atoms with Gasteiger partial charge in [-0.2, -0.15) is 4.80 Å². The van der Waals surface area contributed by atoms with Gasteiger partial charge in [0.2, 0.25) is 5.82 Å². The zero-order valence-electron chi connectivity index (χ0n) is 9.93. The normalized spacial score (nSPS) is 12.4. The zero-order chi connectivity index (χ0) is 11.5. The predicted molar refractivity (Wildman–Crippen MR) is 57.1 cm³/mol. The summed E-state index contributed by atoms with van der Waals surface area (Å²) in [5.74, 6) is 0.913. The summed E-state index contributed by atoms with van der Waals surface area (Å²) in [7, 11) is 0. The summed E-state index contributed by atoms with van der Waals surface area (Å²) in [6.07, 6.45) is 1.22. The molecule has 0 aliphatic rings. The van der Waals surface area contributed by atoms with Gasteiger partial charge in [-0.1, -0.05) is 27.7 Å². The highest BCUT2D eigenvalue weighted by molar-refractivity contribution is 4.95. The summed E-state index contributed by atoms with van der Waals surface area (Å²) in [5.41, 5.74) is -0.921. The standard InChI is InChI=1S/C10H20N4O/c1-5-10(15,6-2)9-11-13-14(12-9)7-8(3)4/h8,15H,5-7H2,1-4H3. The third kappa shape index (κ3) is 2.75. The fourth-order valence-electron chi connectivity index (χ4n) is 1.40. The molecule has 0 unspecified atom stereocenters. The van der Waals surface area contributed by atoms with Crippen LogP contribution in [0.2, 0.25) is 0 Å². The second-order valence-corrected chi connectivity index (χ2v) is 4.30. The van der Waals surface area contributed by atoms with E-state index >= 15 is 0 Å². The average Bonchev–Trinajstić information content (AvgIpc) is 2.64. The van der Waals surface area contributed by atoms with E-state index in [4.69, 9.17) is 0 Å². The lowest BCUT2D eigenvalue weighted by Gasteiger charge is -2.20. The van der Waals surface area contributed by atoms with E-state index in [1.54, 1.807) is 4.80 Å². The van der Waals surface area contributed by atoms with E-state index in [2.05, 4.69) is 29.3 Å². The third-order valence-electron chi connectivity index (χ3n) is 2.57. The molecule has 0 fully saturated rings. The van der Waals surface area contributed by atoms with Crippen molar-refractivity contribution in [1.82, 2.24) is 20.2 Å². The van der Waals surface area contributed by atoms with Gasteiger partial charge in [-0.15, -0.1) is 10.2 Å². The van der Waals surface area contributed by atoms with Crippen molar-refractivity contribution in [2.75, 3.05) is 0 Å². The predicted octanol–water partition coefficient (Wildman–Crippen LogP) is 1.34. The first-order valence-electron chi connectivity index (χ1n) is 5.52. The Morgan fingerprint density at radius 1 is 1.33 bits per heavy atom. The molecular formula is C10H20N4O. The number of aromatic nitrogens is 4. The summed E-state index contributed by atoms with van der Waals surface area (Å²) in [5, 5.41) is 22.2. The van der Waals surface area contributed by atoms with Gasteiger partial charge in [0.15, 0.2) is 0 Å². The molecule has 1 heterocycles. The highest BCUT2D eigenvalue weighted by atomic mass is 16.3. The Morgan fingerprint density at radius 2 is 1.93 bits per heavy atom. The Kier molecular flexibility index (Phi) is 3.79. The van der Waals surface area contributed by atoms with Gasteiger partial charge >= 0.3 is 0 Å². The van der Waals surface area contributed by atoms with Crippen LogP contribution in [-0.4, -0.2) is 25.3 Å². The molecule has 1 rings (SSSR count). The Bertz CT molecular complexity index is 304. The SMILES string of the molecule is CCC(O)(CC)c1nnn(CC(C)C)n1. The van der Waals surface area contributed by atoms with Crippen molar-refractivity contribution in [2.24, 2.45) is 5.92 Å². The molecule has 86 valence electrons. The number of tetrazole rings is 1. The highest BCUT2D eigenvalue weighted by Gasteiger charge is 2.30. The molecule has 0 spiro atoms. The molecule has 0 radical (unpaired) electrons. The Labute approximate surface area is 90.5 Å². The summed E-state index contributed by atoms with van der Waals surface area (Å²) in [4.78, 5) is 1.55. The maximum atomic E-state index is 10.2. The van der Waals surface area contributed by atoms with Gasteiger partial charge in [-0.3, -0.25) is 0 Å². The average molecular weight is 212 g/mol. The maximum absolute atomic E-state index is 10.2. The molecule has 0 atom stereocenters. The molecule has 0 bridgehead atoms. The minimum atomic E-state index is -0.921. The number of rotatable bonds is 5. The van der Waals surface area contributed by atoms with E-state index < -0.39 is 5.60 Å². The van der Waals surface area contributed by atoms with Crippen LogP contribution < -0.4 is 0 Å². The van der Waals surface area contributed by atoms with Crippen molar-refractivity contribution in [3.63, 3.8) is 0 Å². The largest absolute Gasteiger partial charge is 0.382 e. The summed E-state index contributed by atoms with van der Waals surface area (Å²) in [6.45, 7) is 8.76. The van der Waals surface area contributed by atoms with Crippen LogP contribution in [0.1, 0.15) is 46.4 Å². The fourth-order valence-corrected chi connectivity index (χ4v) is 1.40. The van der Waals surface area contributed by atoms with Gasteiger partial charge in [0, 0.05) is 0 Å². The Morgan fingerprint density at radius 3 is 2.40 bits per heavy atom. The lowest BCUT2D eigenvalue weighted by molar-refractivity contribution is 0.0189. The fraction of sp³-hybridized carbons (Fsp3) is 0.900. The molecule has 0 saturated carbocycles. The minimum Gasteiger partial charge on any atom is -0.382 e. The Balaban J connectivity index is 2.83. The van der Waals surface area contributed by atoms with Gasteiger partial charge in [0.1, 0.15) is 5.60 Å². The van der Waals surface area contributed by atoms with Crippen LogP contribution in [0.3, 0.4) is 0 Å². The molecule has 1 N–H and O–H groups in total. The first kappa shape index (κ1) is 12.1. The van der Waals surface area contributed by atoms with Gasteiger partial charge in [-0.05, 0) is 24.0 Å². The van der Waals surface area contributed by atoms with Crippen molar-refractivity contribution in [3.05, 3.63) is 5.82 Å². The minimum absolute atomic E-state index is 0.438. The van der Waals surface area contributed by atoms with Gasteiger partial charge in [0.25, 0.3) is 0 Å². The van der Waals surface area contributed by atoms with E-state index in [1.165, 1.54) is 0 Å². The summed E-state index contributed by atoms with van der Waals surface area (Å²) in [6, 6.07) is 0. The molecule has 0 amide bonds. The van der Waals surface area contributed by atoms with E-state index in [9.17, 15) is 5.11 Å². The van der Waals surface area contributed by atoms with Crippen molar-refractivity contribution >= 4 is 0 Å². The lowest BCUT2D eigenvalue weighted by atomic mass is 9.97. The van der Waals surface area contributed by atoms with E-state index in [1.807, 2.05) is 13.8 Å². The summed E-state index contributed by atoms with van der Waals surface area (Å²) >= 11 is 0. The van der Waals surface area contributed by atoms with E-state index in [0.29, 0.717) is 24.6 Å². The maximum Gasteiger partial charge on any atom is 0.206 e. The molecule has 0 aliphatic heterocycles. The first-order chi connectivity index (χ1) is 7.01. The summed E-state index contributed by atoms with van der Waals surface area (Å²) < 4.78 is 0. The molecule has 5 nitrogen and oxygen atoms in total. The van der Waals surface area contributed by atoms with Crippen molar-refractivity contribution < 1.29 is 5.11 Å². The molecule has 0 aliphatic carbocycles. The lowest BCUT2D eigenvalue weighted by Crippen LogP contribution is -2.25. The third-order valence-corrected chi connectivity index (χ3v) is 2.57. The van der Waals surface area contributed by atoms with Crippen molar-refractivity contribution in [1.29, 1.82) is 0 Å². The second-order valence-electron chi connectivity index (χ2n) is 4.30. The first-order valence-corrected chi connectivity index (χ1v) is 5.52. The van der Waals surface area contributed by atoms with Crippen LogP contribution in [-0.2, 0) is 12.1 Å². The smallest absolute Gasteiger partial charge is 0.206 e. The monoisotopic (exact) mass is 212 g/mol. The topological polar surface area (TPSA) is 63.8 Å².